The molecule has 0 spiro atoms. The number of hydrogen-bond donors (Lipinski definition) is 2. The van der Waals surface area contributed by atoms with E-state index < -0.39 is 11.7 Å². The molecule has 1 fully saturated rings. The van der Waals surface area contributed by atoms with E-state index in [1.165, 1.54) is 5.56 Å². The lowest BCUT2D eigenvalue weighted by molar-refractivity contribution is -0.0777. The molecule has 1 atom stereocenters. The summed E-state index contributed by atoms with van der Waals surface area (Å²) in [5, 5.41) is 6.40. The Kier molecular flexibility index (Phi) is 5.08. The summed E-state index contributed by atoms with van der Waals surface area (Å²) in [5.41, 5.74) is 0.496. The summed E-state index contributed by atoms with van der Waals surface area (Å²) in [7, 11) is 0. The van der Waals surface area contributed by atoms with E-state index in [4.69, 9.17) is 9.47 Å². The Morgan fingerprint density at radius 2 is 1.95 bits per heavy atom. The van der Waals surface area contributed by atoms with E-state index in [2.05, 4.69) is 29.7 Å². The Morgan fingerprint density at radius 3 is 2.45 bits per heavy atom. The van der Waals surface area contributed by atoms with Crippen molar-refractivity contribution in [2.75, 3.05) is 19.8 Å². The normalized spacial score (nSPS) is 18.2. The van der Waals surface area contributed by atoms with Crippen molar-refractivity contribution in [3.8, 4) is 0 Å². The predicted octanol–water partition coefficient (Wildman–Crippen LogP) is 2.63. The number of ether oxygens (including phenoxy) is 2. The number of hydrogen-bond acceptors (Lipinski definition) is 4. The van der Waals surface area contributed by atoms with Crippen molar-refractivity contribution in [2.24, 2.45) is 0 Å². The van der Waals surface area contributed by atoms with Gasteiger partial charge in [-0.2, -0.15) is 0 Å². The molecule has 0 unspecified atom stereocenters. The number of nitrogens with one attached hydrogen (secondary N) is 2. The van der Waals surface area contributed by atoms with Crippen LogP contribution in [-0.2, 0) is 9.47 Å². The predicted molar refractivity (Wildman–Crippen MR) is 85.8 cm³/mol. The van der Waals surface area contributed by atoms with Gasteiger partial charge in [-0.1, -0.05) is 30.3 Å². The largest absolute Gasteiger partial charge is 0.444 e. The Labute approximate surface area is 132 Å². The Bertz CT molecular complexity index is 492. The van der Waals surface area contributed by atoms with E-state index in [9.17, 15) is 4.79 Å². The Morgan fingerprint density at radius 1 is 1.32 bits per heavy atom. The highest BCUT2D eigenvalue weighted by molar-refractivity contribution is 5.67. The summed E-state index contributed by atoms with van der Waals surface area (Å²) in [4.78, 5) is 11.8. The summed E-state index contributed by atoms with van der Waals surface area (Å²) in [6.45, 7) is 9.32. The topological polar surface area (TPSA) is 59.6 Å². The second-order valence-corrected chi connectivity index (χ2v) is 6.91. The van der Waals surface area contributed by atoms with Gasteiger partial charge >= 0.3 is 6.09 Å². The van der Waals surface area contributed by atoms with Gasteiger partial charge in [0.05, 0.1) is 18.8 Å². The molecule has 22 heavy (non-hydrogen) atoms. The fourth-order valence-corrected chi connectivity index (χ4v) is 2.42. The zero-order chi connectivity index (χ0) is 16.2. The van der Waals surface area contributed by atoms with E-state index in [1.54, 1.807) is 0 Å². The molecule has 0 aliphatic carbocycles. The van der Waals surface area contributed by atoms with E-state index in [1.807, 2.05) is 39.0 Å². The highest BCUT2D eigenvalue weighted by Crippen LogP contribution is 2.22. The number of rotatable bonds is 5. The molecule has 2 rings (SSSR count). The monoisotopic (exact) mass is 306 g/mol. The van der Waals surface area contributed by atoms with Crippen LogP contribution >= 0.6 is 0 Å². The fourth-order valence-electron chi connectivity index (χ4n) is 2.42. The zero-order valence-corrected chi connectivity index (χ0v) is 13.8. The van der Waals surface area contributed by atoms with Crippen LogP contribution in [0.15, 0.2) is 30.3 Å². The molecule has 1 amide bonds. The lowest BCUT2D eigenvalue weighted by atomic mass is 9.94. The first-order chi connectivity index (χ1) is 10.3. The van der Waals surface area contributed by atoms with Gasteiger partial charge in [-0.15, -0.1) is 0 Å². The molecule has 5 nitrogen and oxygen atoms in total. The molecule has 0 saturated carbocycles. The Balaban J connectivity index is 1.88. The maximum Gasteiger partial charge on any atom is 0.407 e. The quantitative estimate of drug-likeness (QED) is 0.878. The summed E-state index contributed by atoms with van der Waals surface area (Å²) in [6, 6.07) is 10.4. The molecular formula is C17H26N2O3. The van der Waals surface area contributed by atoms with Crippen molar-refractivity contribution in [2.45, 2.75) is 44.9 Å². The highest BCUT2D eigenvalue weighted by Gasteiger charge is 2.40. The average Bonchev–Trinajstić information content (AvgIpc) is 2.40. The number of benzene rings is 1. The molecule has 1 saturated heterocycles. The minimum absolute atomic E-state index is 0.186. The van der Waals surface area contributed by atoms with E-state index in [0.717, 1.165) is 0 Å². The first-order valence-corrected chi connectivity index (χ1v) is 7.67. The first kappa shape index (κ1) is 16.8. The molecule has 1 heterocycles. The number of carbonyl (C=O) groups is 1. The molecular weight excluding hydrogens is 280 g/mol. The van der Waals surface area contributed by atoms with Crippen LogP contribution < -0.4 is 10.6 Å². The molecule has 1 aromatic carbocycles. The van der Waals surface area contributed by atoms with Crippen molar-refractivity contribution in [3.63, 3.8) is 0 Å². The summed E-state index contributed by atoms with van der Waals surface area (Å²) < 4.78 is 10.6. The molecule has 0 aromatic heterocycles. The fraction of sp³-hybridized carbons (Fsp3) is 0.588. The summed E-state index contributed by atoms with van der Waals surface area (Å²) >= 11 is 0. The summed E-state index contributed by atoms with van der Waals surface area (Å²) in [5.74, 6) is 0. The maximum absolute atomic E-state index is 11.8. The number of carbonyl (C=O) groups excluding carboxylic acids is 1. The third kappa shape index (κ3) is 4.71. The van der Waals surface area contributed by atoms with Crippen molar-refractivity contribution < 1.29 is 14.3 Å². The van der Waals surface area contributed by atoms with Gasteiger partial charge in [0.15, 0.2) is 0 Å². The van der Waals surface area contributed by atoms with Gasteiger partial charge in [0.2, 0.25) is 0 Å². The summed E-state index contributed by atoms with van der Waals surface area (Å²) in [6.07, 6.45) is -0.395. The van der Waals surface area contributed by atoms with Crippen LogP contribution in [0.25, 0.3) is 0 Å². The third-order valence-corrected chi connectivity index (χ3v) is 3.55. The van der Waals surface area contributed by atoms with Crippen LogP contribution in [-0.4, -0.2) is 37.0 Å². The zero-order valence-electron chi connectivity index (χ0n) is 13.8. The van der Waals surface area contributed by atoms with Gasteiger partial charge in [-0.25, -0.2) is 4.79 Å². The van der Waals surface area contributed by atoms with Crippen LogP contribution in [0, 0.1) is 0 Å². The molecule has 1 aromatic rings. The lowest BCUT2D eigenvalue weighted by Gasteiger charge is -2.44. The van der Waals surface area contributed by atoms with Gasteiger partial charge in [-0.3, -0.25) is 5.32 Å². The number of alkyl carbamates (subject to hydrolysis) is 1. The molecule has 1 aliphatic rings. The van der Waals surface area contributed by atoms with Crippen LogP contribution in [0.5, 0.6) is 0 Å². The maximum atomic E-state index is 11.8. The minimum Gasteiger partial charge on any atom is -0.444 e. The molecule has 0 bridgehead atoms. The van der Waals surface area contributed by atoms with Gasteiger partial charge in [0, 0.05) is 12.6 Å². The molecule has 2 N–H and O–H groups in total. The van der Waals surface area contributed by atoms with Crippen LogP contribution in [0.2, 0.25) is 0 Å². The smallest absolute Gasteiger partial charge is 0.407 e. The van der Waals surface area contributed by atoms with Crippen LogP contribution in [0.4, 0.5) is 4.79 Å². The lowest BCUT2D eigenvalue weighted by Crippen LogP contribution is -2.66. The molecule has 1 aliphatic heterocycles. The van der Waals surface area contributed by atoms with E-state index in [0.29, 0.717) is 19.8 Å². The number of amides is 1. The molecule has 122 valence electrons. The van der Waals surface area contributed by atoms with Gasteiger partial charge in [0.25, 0.3) is 0 Å². The van der Waals surface area contributed by atoms with Crippen LogP contribution in [0.3, 0.4) is 0 Å². The minimum atomic E-state index is -0.488. The van der Waals surface area contributed by atoms with E-state index >= 15 is 0 Å². The van der Waals surface area contributed by atoms with Gasteiger partial charge < -0.3 is 14.8 Å². The Hall–Kier alpha value is -1.59. The highest BCUT2D eigenvalue weighted by atomic mass is 16.6. The van der Waals surface area contributed by atoms with E-state index in [-0.39, 0.29) is 11.6 Å². The SMILES string of the molecule is C[C@H](NC1(CNC(=O)OC(C)(C)C)COC1)c1ccccc1. The third-order valence-electron chi connectivity index (χ3n) is 3.55. The van der Waals surface area contributed by atoms with Crippen molar-refractivity contribution >= 4 is 6.09 Å². The van der Waals surface area contributed by atoms with Gasteiger partial charge in [0.1, 0.15) is 5.60 Å². The second-order valence-electron chi connectivity index (χ2n) is 6.91. The first-order valence-electron chi connectivity index (χ1n) is 7.67. The van der Waals surface area contributed by atoms with Crippen molar-refractivity contribution in [1.29, 1.82) is 0 Å². The van der Waals surface area contributed by atoms with Crippen LogP contribution in [0.1, 0.15) is 39.3 Å². The average molecular weight is 306 g/mol. The van der Waals surface area contributed by atoms with Gasteiger partial charge in [-0.05, 0) is 33.3 Å². The van der Waals surface area contributed by atoms with Crippen molar-refractivity contribution in [1.82, 2.24) is 10.6 Å². The standard InChI is InChI=1S/C17H26N2O3/c1-13(14-8-6-5-7-9-14)19-17(11-21-12-17)10-18-15(20)22-16(2,3)4/h5-9,13,19H,10-12H2,1-4H3,(H,18,20)/t13-/m0/s1. The molecule has 5 heteroatoms. The molecule has 0 radical (unpaired) electrons. The van der Waals surface area contributed by atoms with Crippen molar-refractivity contribution in [3.05, 3.63) is 35.9 Å². The second kappa shape index (κ2) is 6.67.